The number of aromatic nitrogens is 1. The summed E-state index contributed by atoms with van der Waals surface area (Å²) in [7, 11) is 0. The Morgan fingerprint density at radius 3 is 1.55 bits per heavy atom. The van der Waals surface area contributed by atoms with E-state index in [2.05, 4.69) is 47.5 Å². The normalized spacial score (nSPS) is 15.8. The van der Waals surface area contributed by atoms with Crippen LogP contribution in [0.5, 0.6) is 0 Å². The quantitative estimate of drug-likeness (QED) is 0.0356. The number of nitrogens with one attached hydrogen (secondary N) is 9. The van der Waals surface area contributed by atoms with Crippen molar-refractivity contribution in [1.29, 1.82) is 0 Å². The molecule has 2 rings (SSSR count). The van der Waals surface area contributed by atoms with Crippen molar-refractivity contribution >= 4 is 64.1 Å². The largest absolute Gasteiger partial charge is 0.394 e. The molecule has 2 aromatic rings. The zero-order valence-corrected chi connectivity index (χ0v) is 39.4. The van der Waals surface area contributed by atoms with Gasteiger partial charge in [-0.3, -0.25) is 43.2 Å². The molecule has 10 atom stereocenters. The number of rotatable bonds is 29. The fourth-order valence-corrected chi connectivity index (χ4v) is 6.77. The minimum atomic E-state index is -1.61. The van der Waals surface area contributed by atoms with Gasteiger partial charge >= 0.3 is 0 Å². The Labute approximate surface area is 390 Å². The molecule has 9 amide bonds. The number of benzene rings is 1. The van der Waals surface area contributed by atoms with E-state index in [9.17, 15) is 53.4 Å². The summed E-state index contributed by atoms with van der Waals surface area (Å²) in [6.45, 7) is 9.69. The lowest BCUT2D eigenvalue weighted by Crippen LogP contribution is -2.60. The predicted octanol–water partition coefficient (Wildman–Crippen LogP) is -3.33. The number of aliphatic hydroxyl groups is 2. The molecular formula is C44H72N12O11. The summed E-state index contributed by atoms with van der Waals surface area (Å²) in [6, 6.07) is -3.89. The molecule has 0 aliphatic carbocycles. The minimum absolute atomic E-state index is 0.110. The van der Waals surface area contributed by atoms with Crippen LogP contribution in [0.3, 0.4) is 0 Å². The van der Waals surface area contributed by atoms with Gasteiger partial charge in [-0.15, -0.1) is 0 Å². The number of carbonyl (C=O) groups is 9. The van der Waals surface area contributed by atoms with E-state index in [0.29, 0.717) is 25.8 Å². The minimum Gasteiger partial charge on any atom is -0.394 e. The lowest BCUT2D eigenvalue weighted by atomic mass is 9.97. The fraction of sp³-hybridized carbons (Fsp3) is 0.614. The molecule has 0 bridgehead atoms. The zero-order chi connectivity index (χ0) is 50.5. The number of nitrogens with two attached hydrogens (primary N) is 3. The van der Waals surface area contributed by atoms with Gasteiger partial charge in [0.25, 0.3) is 0 Å². The van der Waals surface area contributed by atoms with Gasteiger partial charge in [0.2, 0.25) is 53.2 Å². The second-order valence-electron chi connectivity index (χ2n) is 17.2. The highest BCUT2D eigenvalue weighted by Gasteiger charge is 2.33. The van der Waals surface area contributed by atoms with Crippen molar-refractivity contribution in [3.8, 4) is 0 Å². The van der Waals surface area contributed by atoms with Crippen LogP contribution in [0.4, 0.5) is 0 Å². The first kappa shape index (κ1) is 57.0. The van der Waals surface area contributed by atoms with E-state index in [0.717, 1.165) is 16.5 Å². The van der Waals surface area contributed by atoms with Crippen LogP contribution in [-0.4, -0.2) is 142 Å². The average molecular weight is 945 g/mol. The van der Waals surface area contributed by atoms with Gasteiger partial charge in [0.05, 0.1) is 19.3 Å². The van der Waals surface area contributed by atoms with Crippen molar-refractivity contribution in [2.24, 2.45) is 29.0 Å². The van der Waals surface area contributed by atoms with Gasteiger partial charge in [-0.1, -0.05) is 52.3 Å². The third kappa shape index (κ3) is 18.2. The molecule has 0 saturated carbocycles. The summed E-state index contributed by atoms with van der Waals surface area (Å²) < 4.78 is 0. The van der Waals surface area contributed by atoms with E-state index in [1.54, 1.807) is 27.0 Å². The van der Waals surface area contributed by atoms with E-state index in [4.69, 9.17) is 17.2 Å². The Morgan fingerprint density at radius 1 is 0.612 bits per heavy atom. The van der Waals surface area contributed by atoms with E-state index >= 15 is 0 Å². The van der Waals surface area contributed by atoms with Crippen molar-refractivity contribution < 1.29 is 53.4 Å². The molecular weight excluding hydrogens is 873 g/mol. The molecule has 0 unspecified atom stereocenters. The van der Waals surface area contributed by atoms with Crippen molar-refractivity contribution in [3.05, 3.63) is 36.0 Å². The first-order valence-electron chi connectivity index (χ1n) is 22.5. The third-order valence-electron chi connectivity index (χ3n) is 11.1. The van der Waals surface area contributed by atoms with Gasteiger partial charge in [-0.2, -0.15) is 0 Å². The number of unbranched alkanes of at least 4 members (excludes halogenated alkanes) is 1. The Balaban J connectivity index is 1.99. The molecule has 0 fully saturated rings. The highest BCUT2D eigenvalue weighted by atomic mass is 16.3. The molecule has 374 valence electrons. The summed E-state index contributed by atoms with van der Waals surface area (Å²) in [5.41, 5.74) is 18.9. The van der Waals surface area contributed by atoms with Gasteiger partial charge in [0.1, 0.15) is 48.3 Å². The second kappa shape index (κ2) is 28.1. The molecule has 1 aromatic carbocycles. The number of amides is 9. The van der Waals surface area contributed by atoms with Crippen LogP contribution < -0.4 is 59.7 Å². The summed E-state index contributed by atoms with van der Waals surface area (Å²) in [4.78, 5) is 121. The number of H-pyrrole nitrogens is 1. The maximum absolute atomic E-state index is 13.5. The molecule has 0 aliphatic rings. The lowest BCUT2D eigenvalue weighted by Gasteiger charge is -2.27. The lowest BCUT2D eigenvalue weighted by molar-refractivity contribution is -0.136. The first-order valence-corrected chi connectivity index (χ1v) is 22.5. The molecule has 1 aromatic heterocycles. The number of aliphatic hydroxyl groups excluding tert-OH is 2. The molecule has 1 heterocycles. The molecule has 67 heavy (non-hydrogen) atoms. The maximum atomic E-state index is 13.5. The number of primary amides is 1. The van der Waals surface area contributed by atoms with Crippen LogP contribution in [0.15, 0.2) is 30.5 Å². The Hall–Kier alpha value is -6.17. The number of hydrogen-bond acceptors (Lipinski definition) is 13. The molecule has 0 aliphatic heterocycles. The molecule has 23 heteroatoms. The van der Waals surface area contributed by atoms with Gasteiger partial charge in [0, 0.05) is 17.1 Å². The first-order chi connectivity index (χ1) is 31.6. The number of aromatic amines is 1. The van der Waals surface area contributed by atoms with E-state index < -0.39 is 121 Å². The second-order valence-corrected chi connectivity index (χ2v) is 17.2. The fourth-order valence-electron chi connectivity index (χ4n) is 6.77. The van der Waals surface area contributed by atoms with E-state index in [-0.39, 0.29) is 31.1 Å². The highest BCUT2D eigenvalue weighted by molar-refractivity contribution is 5.98. The van der Waals surface area contributed by atoms with Gasteiger partial charge < -0.3 is 74.9 Å². The number of fused-ring (bicyclic) bond motifs is 1. The standard InChI is InChI=1S/C44H72N12O11/c1-8-23(4)35(36(47)59)56-41(64)31(15-11-12-16-45)52-37(60)24(5)49-42(65)32(17-22(2)3)53-38(61)25(6)50-43(66)33(20-57)54-39(62)26(7)51-44(67)34(21-58)55-40(63)29(46)18-27-19-48-30-14-10-9-13-28(27)30/h9-10,13-14,19,22-26,29,31-35,48,57-58H,8,11-12,15-18,20-21,45-46H2,1-7H3,(H2,47,59)(H,49,65)(H,50,66)(H,51,67)(H,52,60)(H,53,61)(H,54,62)(H,55,63)(H,56,64)/t23-,24-,25-,26-,29-,31-,32-,33-,34-,35-/m0/s1. The summed E-state index contributed by atoms with van der Waals surface area (Å²) >= 11 is 0. The number of para-hydroxylation sites is 1. The molecule has 17 N–H and O–H groups in total. The van der Waals surface area contributed by atoms with E-state index in [1.165, 1.54) is 20.8 Å². The Bertz CT molecular complexity index is 2010. The monoisotopic (exact) mass is 945 g/mol. The molecule has 23 nitrogen and oxygen atoms in total. The number of hydrogen-bond donors (Lipinski definition) is 14. The Kier molecular flexibility index (Phi) is 23.9. The molecule has 0 radical (unpaired) electrons. The third-order valence-corrected chi connectivity index (χ3v) is 11.1. The van der Waals surface area contributed by atoms with Crippen LogP contribution in [0, 0.1) is 11.8 Å². The predicted molar refractivity (Wildman–Crippen MR) is 248 cm³/mol. The maximum Gasteiger partial charge on any atom is 0.245 e. The van der Waals surface area contributed by atoms with Crippen LogP contribution in [0.25, 0.3) is 10.9 Å². The van der Waals surface area contributed by atoms with Gasteiger partial charge in [-0.05, 0) is 82.9 Å². The SMILES string of the molecule is CC[C@H](C)[C@H](NC(=O)[C@H](CCCCN)NC(=O)[C@H](C)NC(=O)[C@H](CC(C)C)NC(=O)[C@H](C)NC(=O)[C@H](CO)NC(=O)[C@H](C)NC(=O)[C@H](CO)NC(=O)[C@@H](N)Cc1c[nH]c2ccccc12)C(N)=O. The zero-order valence-electron chi connectivity index (χ0n) is 39.4. The van der Waals surface area contributed by atoms with Crippen molar-refractivity contribution in [1.82, 2.24) is 47.5 Å². The summed E-state index contributed by atoms with van der Waals surface area (Å²) in [5.74, 6) is -7.67. The van der Waals surface area contributed by atoms with Crippen molar-refractivity contribution in [2.75, 3.05) is 19.8 Å². The van der Waals surface area contributed by atoms with Gasteiger partial charge in [-0.25, -0.2) is 0 Å². The van der Waals surface area contributed by atoms with Crippen molar-refractivity contribution in [2.45, 2.75) is 141 Å². The topological polar surface area (TPSA) is 384 Å². The molecule has 0 spiro atoms. The molecule has 0 saturated heterocycles. The average Bonchev–Trinajstić information content (AvgIpc) is 3.69. The number of carbonyl (C=O) groups excluding carboxylic acids is 9. The van der Waals surface area contributed by atoms with Gasteiger partial charge in [0.15, 0.2) is 0 Å². The smallest absolute Gasteiger partial charge is 0.245 e. The van der Waals surface area contributed by atoms with Crippen LogP contribution in [-0.2, 0) is 49.6 Å². The van der Waals surface area contributed by atoms with Crippen LogP contribution >= 0.6 is 0 Å². The highest BCUT2D eigenvalue weighted by Crippen LogP contribution is 2.19. The van der Waals surface area contributed by atoms with Crippen LogP contribution in [0.1, 0.15) is 86.1 Å². The summed E-state index contributed by atoms with van der Waals surface area (Å²) in [5, 5.41) is 40.4. The van der Waals surface area contributed by atoms with Crippen molar-refractivity contribution in [3.63, 3.8) is 0 Å². The van der Waals surface area contributed by atoms with E-state index in [1.807, 2.05) is 31.2 Å². The summed E-state index contributed by atoms with van der Waals surface area (Å²) in [6.07, 6.45) is 3.71. The Morgan fingerprint density at radius 2 is 1.07 bits per heavy atom. The van der Waals surface area contributed by atoms with Crippen LogP contribution in [0.2, 0.25) is 0 Å².